The summed E-state index contributed by atoms with van der Waals surface area (Å²) in [6, 6.07) is 6.06. The van der Waals surface area contributed by atoms with Gasteiger partial charge in [0.1, 0.15) is 5.54 Å². The second-order valence-electron chi connectivity index (χ2n) is 7.22. The average Bonchev–Trinajstić information content (AvgIpc) is 2.54. The fourth-order valence-corrected chi connectivity index (χ4v) is 3.88. The van der Waals surface area contributed by atoms with Crippen LogP contribution in [-0.4, -0.2) is 59.0 Å². The zero-order valence-corrected chi connectivity index (χ0v) is 14.3. The first-order chi connectivity index (χ1) is 11.1. The van der Waals surface area contributed by atoms with Gasteiger partial charge in [0, 0.05) is 45.5 Å². The summed E-state index contributed by atoms with van der Waals surface area (Å²) in [4.78, 5) is 21.9. The molecule has 126 valence electrons. The first-order valence-electron chi connectivity index (χ1n) is 8.76. The third-order valence-electron chi connectivity index (χ3n) is 5.08. The van der Waals surface area contributed by atoms with Gasteiger partial charge in [-0.25, -0.2) is 0 Å². The summed E-state index contributed by atoms with van der Waals surface area (Å²) in [5.41, 5.74) is 0.818. The van der Waals surface area contributed by atoms with Gasteiger partial charge in [-0.05, 0) is 30.9 Å². The molecule has 1 N–H and O–H groups in total. The van der Waals surface area contributed by atoms with Crippen molar-refractivity contribution in [3.63, 3.8) is 0 Å². The summed E-state index contributed by atoms with van der Waals surface area (Å²) in [5, 5.41) is 3.10. The number of aromatic nitrogens is 1. The Labute approximate surface area is 139 Å². The third kappa shape index (κ3) is 3.56. The van der Waals surface area contributed by atoms with Gasteiger partial charge in [0.2, 0.25) is 5.91 Å². The molecule has 2 fully saturated rings. The SMILES string of the molecule is CC(C)CN1CCNC(=O)C12CCN(Cc1ccccn1)CC2. The van der Waals surface area contributed by atoms with Crippen LogP contribution in [0.3, 0.4) is 0 Å². The van der Waals surface area contributed by atoms with Crippen LogP contribution in [-0.2, 0) is 11.3 Å². The Hall–Kier alpha value is -1.46. The predicted octanol–water partition coefficient (Wildman–Crippen LogP) is 1.50. The number of rotatable bonds is 4. The summed E-state index contributed by atoms with van der Waals surface area (Å²) >= 11 is 0. The Morgan fingerprint density at radius 2 is 2.04 bits per heavy atom. The molecule has 0 saturated carbocycles. The number of amides is 1. The van der Waals surface area contributed by atoms with E-state index in [1.807, 2.05) is 18.3 Å². The zero-order valence-electron chi connectivity index (χ0n) is 14.3. The number of nitrogens with one attached hydrogen (secondary N) is 1. The molecule has 0 unspecified atom stereocenters. The molecule has 0 aliphatic carbocycles. The van der Waals surface area contributed by atoms with Crippen LogP contribution >= 0.6 is 0 Å². The van der Waals surface area contributed by atoms with Gasteiger partial charge < -0.3 is 5.32 Å². The lowest BCUT2D eigenvalue weighted by molar-refractivity contribution is -0.142. The zero-order chi connectivity index (χ0) is 16.3. The number of pyridine rings is 1. The van der Waals surface area contributed by atoms with Crippen LogP contribution in [0.5, 0.6) is 0 Å². The van der Waals surface area contributed by atoms with Crippen LogP contribution in [0.15, 0.2) is 24.4 Å². The lowest BCUT2D eigenvalue weighted by atomic mass is 9.82. The standard InChI is InChI=1S/C18H28N4O/c1-15(2)13-22-12-9-20-17(23)18(22)6-10-21(11-7-18)14-16-5-3-4-8-19-16/h3-5,8,15H,6-7,9-14H2,1-2H3,(H,20,23). The average molecular weight is 316 g/mol. The fourth-order valence-electron chi connectivity index (χ4n) is 3.88. The molecule has 3 heterocycles. The number of nitrogens with zero attached hydrogens (tertiary/aromatic N) is 3. The Morgan fingerprint density at radius 3 is 2.70 bits per heavy atom. The van der Waals surface area contributed by atoms with E-state index in [1.54, 1.807) is 0 Å². The van der Waals surface area contributed by atoms with Crippen LogP contribution in [0.2, 0.25) is 0 Å². The quantitative estimate of drug-likeness (QED) is 0.915. The molecule has 5 nitrogen and oxygen atoms in total. The maximum absolute atomic E-state index is 12.6. The van der Waals surface area contributed by atoms with Gasteiger partial charge in [-0.2, -0.15) is 0 Å². The molecule has 5 heteroatoms. The van der Waals surface area contributed by atoms with E-state index in [4.69, 9.17) is 0 Å². The largest absolute Gasteiger partial charge is 0.353 e. The van der Waals surface area contributed by atoms with Crippen LogP contribution in [0.4, 0.5) is 0 Å². The van der Waals surface area contributed by atoms with E-state index in [1.165, 1.54) is 0 Å². The lowest BCUT2D eigenvalue weighted by Gasteiger charge is -2.50. The van der Waals surface area contributed by atoms with Crippen molar-refractivity contribution in [1.29, 1.82) is 0 Å². The van der Waals surface area contributed by atoms with Crippen molar-refractivity contribution < 1.29 is 4.79 Å². The molecule has 3 rings (SSSR count). The van der Waals surface area contributed by atoms with Crippen LogP contribution in [0.1, 0.15) is 32.4 Å². The smallest absolute Gasteiger partial charge is 0.240 e. The number of hydrogen-bond donors (Lipinski definition) is 1. The van der Waals surface area contributed by atoms with Crippen LogP contribution in [0.25, 0.3) is 0 Å². The molecular weight excluding hydrogens is 288 g/mol. The number of piperazine rings is 1. The second kappa shape index (κ2) is 6.97. The third-order valence-corrected chi connectivity index (χ3v) is 5.08. The molecule has 23 heavy (non-hydrogen) atoms. The van der Waals surface area contributed by atoms with Gasteiger partial charge in [0.05, 0.1) is 5.69 Å². The highest BCUT2D eigenvalue weighted by atomic mass is 16.2. The van der Waals surface area contributed by atoms with Gasteiger partial charge in [-0.3, -0.25) is 19.6 Å². The topological polar surface area (TPSA) is 48.5 Å². The van der Waals surface area contributed by atoms with Gasteiger partial charge in [0.15, 0.2) is 0 Å². The highest BCUT2D eigenvalue weighted by Crippen LogP contribution is 2.32. The van der Waals surface area contributed by atoms with Gasteiger partial charge in [-0.1, -0.05) is 19.9 Å². The number of carbonyl (C=O) groups excluding carboxylic acids is 1. The maximum atomic E-state index is 12.6. The molecule has 0 atom stereocenters. The van der Waals surface area contributed by atoms with Crippen molar-refractivity contribution in [1.82, 2.24) is 20.1 Å². The van der Waals surface area contributed by atoms with Crippen molar-refractivity contribution in [2.24, 2.45) is 5.92 Å². The van der Waals surface area contributed by atoms with E-state index in [-0.39, 0.29) is 11.4 Å². The number of carbonyl (C=O) groups is 1. The molecule has 2 saturated heterocycles. The maximum Gasteiger partial charge on any atom is 0.240 e. The molecule has 2 aliphatic rings. The summed E-state index contributed by atoms with van der Waals surface area (Å²) in [6.45, 7) is 10.0. The van der Waals surface area contributed by atoms with E-state index >= 15 is 0 Å². The second-order valence-corrected chi connectivity index (χ2v) is 7.22. The molecule has 0 radical (unpaired) electrons. The Balaban J connectivity index is 1.65. The minimum atomic E-state index is -0.289. The van der Waals surface area contributed by atoms with E-state index in [9.17, 15) is 4.79 Å². The van der Waals surface area contributed by atoms with E-state index in [0.717, 1.165) is 57.8 Å². The molecule has 1 spiro atoms. The van der Waals surface area contributed by atoms with Crippen molar-refractivity contribution in [2.45, 2.75) is 38.8 Å². The fraction of sp³-hybridized carbons (Fsp3) is 0.667. The number of likely N-dealkylation sites (tertiary alicyclic amines) is 1. The molecule has 1 aromatic heterocycles. The first-order valence-corrected chi connectivity index (χ1v) is 8.76. The number of hydrogen-bond acceptors (Lipinski definition) is 4. The molecule has 0 aromatic carbocycles. The van der Waals surface area contributed by atoms with Gasteiger partial charge in [0.25, 0.3) is 0 Å². The highest BCUT2D eigenvalue weighted by molar-refractivity contribution is 5.87. The molecule has 1 amide bonds. The molecule has 2 aliphatic heterocycles. The monoisotopic (exact) mass is 316 g/mol. The molecular formula is C18H28N4O. The molecule has 1 aromatic rings. The van der Waals surface area contributed by atoms with Crippen molar-refractivity contribution in [3.8, 4) is 0 Å². The van der Waals surface area contributed by atoms with E-state index in [0.29, 0.717) is 5.92 Å². The Morgan fingerprint density at radius 1 is 1.26 bits per heavy atom. The van der Waals surface area contributed by atoms with E-state index < -0.39 is 0 Å². The first kappa shape index (κ1) is 16.4. The van der Waals surface area contributed by atoms with Crippen molar-refractivity contribution in [3.05, 3.63) is 30.1 Å². The minimum Gasteiger partial charge on any atom is -0.353 e. The van der Waals surface area contributed by atoms with Gasteiger partial charge >= 0.3 is 0 Å². The normalized spacial score (nSPS) is 22.5. The Kier molecular flexibility index (Phi) is 4.97. The van der Waals surface area contributed by atoms with Crippen LogP contribution < -0.4 is 5.32 Å². The van der Waals surface area contributed by atoms with Gasteiger partial charge in [-0.15, -0.1) is 0 Å². The Bertz CT molecular complexity index is 523. The molecule has 0 bridgehead atoms. The van der Waals surface area contributed by atoms with E-state index in [2.05, 4.69) is 40.0 Å². The summed E-state index contributed by atoms with van der Waals surface area (Å²) in [5.74, 6) is 0.825. The highest BCUT2D eigenvalue weighted by Gasteiger charge is 2.47. The lowest BCUT2D eigenvalue weighted by Crippen LogP contribution is -2.68. The van der Waals surface area contributed by atoms with Crippen molar-refractivity contribution >= 4 is 5.91 Å². The van der Waals surface area contributed by atoms with Crippen molar-refractivity contribution in [2.75, 3.05) is 32.7 Å². The van der Waals surface area contributed by atoms with Crippen LogP contribution in [0, 0.1) is 5.92 Å². The summed E-state index contributed by atoms with van der Waals surface area (Å²) < 4.78 is 0. The summed E-state index contributed by atoms with van der Waals surface area (Å²) in [7, 11) is 0. The predicted molar refractivity (Wildman–Crippen MR) is 90.9 cm³/mol. The summed E-state index contributed by atoms with van der Waals surface area (Å²) in [6.07, 6.45) is 3.68. The number of piperidine rings is 1. The minimum absolute atomic E-state index is 0.238.